The predicted molar refractivity (Wildman–Crippen MR) is 54.0 cm³/mol. The highest BCUT2D eigenvalue weighted by Gasteiger charge is 2.01. The van der Waals surface area contributed by atoms with Gasteiger partial charge in [0.05, 0.1) is 14.2 Å². The highest BCUT2D eigenvalue weighted by Crippen LogP contribution is 2.17. The first-order valence-corrected chi connectivity index (χ1v) is 4.27. The number of esters is 1. The van der Waals surface area contributed by atoms with Crippen molar-refractivity contribution in [3.63, 3.8) is 0 Å². The molecular formula is C11H11FO3. The molecule has 0 saturated carbocycles. The fraction of sp³-hybridized carbons (Fsp3) is 0.182. The number of hydrogen-bond acceptors (Lipinski definition) is 3. The quantitative estimate of drug-likeness (QED) is 0.565. The third kappa shape index (κ3) is 3.09. The molecule has 3 nitrogen and oxygen atoms in total. The smallest absolute Gasteiger partial charge is 0.330 e. The highest BCUT2D eigenvalue weighted by molar-refractivity contribution is 5.87. The lowest BCUT2D eigenvalue weighted by molar-refractivity contribution is -0.134. The van der Waals surface area contributed by atoms with E-state index in [1.165, 1.54) is 38.5 Å². The van der Waals surface area contributed by atoms with Crippen LogP contribution < -0.4 is 4.74 Å². The van der Waals surface area contributed by atoms with Gasteiger partial charge in [-0.05, 0) is 24.3 Å². The number of benzene rings is 1. The van der Waals surface area contributed by atoms with Crippen LogP contribution in [-0.4, -0.2) is 20.2 Å². The maximum atomic E-state index is 13.2. The largest absolute Gasteiger partial charge is 0.497 e. The van der Waals surface area contributed by atoms with Gasteiger partial charge in [0.25, 0.3) is 0 Å². The number of carbonyl (C=O) groups is 1. The van der Waals surface area contributed by atoms with Crippen LogP contribution in [0.15, 0.2) is 24.3 Å². The van der Waals surface area contributed by atoms with Crippen LogP contribution in [0.25, 0.3) is 6.08 Å². The third-order valence-electron chi connectivity index (χ3n) is 1.80. The summed E-state index contributed by atoms with van der Waals surface area (Å²) in [5, 5.41) is 0. The zero-order valence-electron chi connectivity index (χ0n) is 8.49. The molecule has 0 spiro atoms. The van der Waals surface area contributed by atoms with Crippen molar-refractivity contribution in [2.45, 2.75) is 0 Å². The van der Waals surface area contributed by atoms with E-state index in [0.717, 1.165) is 6.08 Å². The standard InChI is InChI=1S/C11H11FO3/c1-14-9-4-5-10(12)8(7-9)3-6-11(13)15-2/h3-7H,1-2H3. The maximum absolute atomic E-state index is 13.2. The van der Waals surface area contributed by atoms with Gasteiger partial charge in [-0.2, -0.15) is 0 Å². The average Bonchev–Trinajstić information content (AvgIpc) is 2.27. The first kappa shape index (κ1) is 11.2. The number of ether oxygens (including phenoxy) is 2. The van der Waals surface area contributed by atoms with Crippen molar-refractivity contribution in [2.75, 3.05) is 14.2 Å². The molecule has 80 valence electrons. The van der Waals surface area contributed by atoms with Crippen LogP contribution in [0, 0.1) is 5.82 Å². The molecule has 0 bridgehead atoms. The van der Waals surface area contributed by atoms with Crippen LogP contribution in [-0.2, 0) is 9.53 Å². The van der Waals surface area contributed by atoms with Crippen molar-refractivity contribution in [1.29, 1.82) is 0 Å². The molecule has 1 aromatic rings. The molecule has 0 heterocycles. The zero-order valence-corrected chi connectivity index (χ0v) is 8.49. The zero-order chi connectivity index (χ0) is 11.3. The second-order valence-corrected chi connectivity index (χ2v) is 2.74. The molecule has 15 heavy (non-hydrogen) atoms. The van der Waals surface area contributed by atoms with Gasteiger partial charge < -0.3 is 9.47 Å². The normalized spacial score (nSPS) is 10.3. The fourth-order valence-corrected chi connectivity index (χ4v) is 1.00. The molecule has 0 aliphatic carbocycles. The van der Waals surface area contributed by atoms with E-state index in [9.17, 15) is 9.18 Å². The third-order valence-corrected chi connectivity index (χ3v) is 1.80. The summed E-state index contributed by atoms with van der Waals surface area (Å²) in [4.78, 5) is 10.8. The summed E-state index contributed by atoms with van der Waals surface area (Å²) in [6.07, 6.45) is 2.49. The number of hydrogen-bond donors (Lipinski definition) is 0. The Kier molecular flexibility index (Phi) is 3.85. The number of methoxy groups -OCH3 is 2. The van der Waals surface area contributed by atoms with Crippen LogP contribution in [0.1, 0.15) is 5.56 Å². The van der Waals surface area contributed by atoms with Gasteiger partial charge in [-0.15, -0.1) is 0 Å². The van der Waals surface area contributed by atoms with E-state index in [1.807, 2.05) is 0 Å². The summed E-state index contributed by atoms with van der Waals surface area (Å²) in [6, 6.07) is 4.27. The Bertz CT molecular complexity index is 385. The molecule has 1 aromatic carbocycles. The lowest BCUT2D eigenvalue weighted by atomic mass is 10.2. The Morgan fingerprint density at radius 1 is 1.40 bits per heavy atom. The van der Waals surface area contributed by atoms with E-state index in [2.05, 4.69) is 4.74 Å². The second-order valence-electron chi connectivity index (χ2n) is 2.74. The summed E-state index contributed by atoms with van der Waals surface area (Å²) in [6.45, 7) is 0. The Morgan fingerprint density at radius 2 is 2.13 bits per heavy atom. The Balaban J connectivity index is 2.93. The molecule has 4 heteroatoms. The molecule has 0 N–H and O–H groups in total. The molecule has 1 rings (SSSR count). The van der Waals surface area contributed by atoms with Gasteiger partial charge in [0, 0.05) is 11.6 Å². The summed E-state index contributed by atoms with van der Waals surface area (Å²) in [7, 11) is 2.75. The lowest BCUT2D eigenvalue weighted by Crippen LogP contribution is -1.94. The van der Waals surface area contributed by atoms with Crippen molar-refractivity contribution in [1.82, 2.24) is 0 Å². The second kappa shape index (κ2) is 5.14. The Labute approximate surface area is 87.1 Å². The summed E-state index contributed by atoms with van der Waals surface area (Å²) >= 11 is 0. The van der Waals surface area contributed by atoms with E-state index >= 15 is 0 Å². The molecular weight excluding hydrogens is 199 g/mol. The van der Waals surface area contributed by atoms with E-state index in [-0.39, 0.29) is 5.56 Å². The van der Waals surface area contributed by atoms with Gasteiger partial charge in [-0.1, -0.05) is 0 Å². The molecule has 0 fully saturated rings. The number of rotatable bonds is 3. The van der Waals surface area contributed by atoms with Crippen LogP contribution in [0.4, 0.5) is 4.39 Å². The predicted octanol–water partition coefficient (Wildman–Crippen LogP) is 2.02. The van der Waals surface area contributed by atoms with Crippen molar-refractivity contribution >= 4 is 12.0 Å². The fourth-order valence-electron chi connectivity index (χ4n) is 1.00. The van der Waals surface area contributed by atoms with Gasteiger partial charge in [-0.25, -0.2) is 9.18 Å². The summed E-state index contributed by atoms with van der Waals surface area (Å²) in [5.74, 6) is -0.422. The average molecular weight is 210 g/mol. The van der Waals surface area contributed by atoms with Crippen molar-refractivity contribution in [2.24, 2.45) is 0 Å². The monoisotopic (exact) mass is 210 g/mol. The molecule has 0 aliphatic heterocycles. The van der Waals surface area contributed by atoms with Gasteiger partial charge in [0.2, 0.25) is 0 Å². The van der Waals surface area contributed by atoms with E-state index in [4.69, 9.17) is 4.74 Å². The topological polar surface area (TPSA) is 35.5 Å². The SMILES string of the molecule is COC(=O)C=Cc1cc(OC)ccc1F. The van der Waals surface area contributed by atoms with Crippen molar-refractivity contribution in [3.05, 3.63) is 35.7 Å². The van der Waals surface area contributed by atoms with Gasteiger partial charge in [-0.3, -0.25) is 0 Å². The Morgan fingerprint density at radius 3 is 2.73 bits per heavy atom. The molecule has 0 saturated heterocycles. The first-order chi connectivity index (χ1) is 7.17. The van der Waals surface area contributed by atoms with Gasteiger partial charge >= 0.3 is 5.97 Å². The van der Waals surface area contributed by atoms with Crippen LogP contribution in [0.2, 0.25) is 0 Å². The van der Waals surface area contributed by atoms with Crippen molar-refractivity contribution < 1.29 is 18.7 Å². The van der Waals surface area contributed by atoms with Gasteiger partial charge in [0.1, 0.15) is 11.6 Å². The Hall–Kier alpha value is -1.84. The van der Waals surface area contributed by atoms with Crippen molar-refractivity contribution in [3.8, 4) is 5.75 Å². The minimum Gasteiger partial charge on any atom is -0.497 e. The molecule has 0 atom stereocenters. The number of halogens is 1. The van der Waals surface area contributed by atoms with E-state index < -0.39 is 11.8 Å². The molecule has 0 radical (unpaired) electrons. The molecule has 0 aliphatic rings. The first-order valence-electron chi connectivity index (χ1n) is 4.27. The van der Waals surface area contributed by atoms with Gasteiger partial charge in [0.15, 0.2) is 0 Å². The number of carbonyl (C=O) groups excluding carboxylic acids is 1. The summed E-state index contributed by atoms with van der Waals surface area (Å²) in [5.41, 5.74) is 0.278. The van der Waals surface area contributed by atoms with Crippen LogP contribution in [0.5, 0.6) is 5.75 Å². The van der Waals surface area contributed by atoms with Crippen LogP contribution in [0.3, 0.4) is 0 Å². The highest BCUT2D eigenvalue weighted by atomic mass is 19.1. The minimum absolute atomic E-state index is 0.278. The molecule has 0 aromatic heterocycles. The van der Waals surface area contributed by atoms with Crippen LogP contribution >= 0.6 is 0 Å². The minimum atomic E-state index is -0.530. The van der Waals surface area contributed by atoms with E-state index in [1.54, 1.807) is 0 Å². The lowest BCUT2D eigenvalue weighted by Gasteiger charge is -2.01. The molecule has 0 unspecified atom stereocenters. The summed E-state index contributed by atoms with van der Waals surface area (Å²) < 4.78 is 22.5. The van der Waals surface area contributed by atoms with E-state index in [0.29, 0.717) is 5.75 Å². The molecule has 0 amide bonds. The maximum Gasteiger partial charge on any atom is 0.330 e.